The van der Waals surface area contributed by atoms with Crippen LogP contribution < -0.4 is 10.9 Å². The molecular formula is C19H21N5O2. The molecule has 7 nitrogen and oxygen atoms in total. The molecule has 0 aliphatic heterocycles. The Morgan fingerprint density at radius 1 is 1.19 bits per heavy atom. The Balaban J connectivity index is 1.68. The fraction of sp³-hybridized carbons (Fsp3) is 0.316. The van der Waals surface area contributed by atoms with Crippen molar-refractivity contribution in [3.05, 3.63) is 64.2 Å². The lowest BCUT2D eigenvalue weighted by atomic mass is 10.2. The number of aromatic nitrogens is 4. The first kappa shape index (κ1) is 17.7. The molecule has 0 saturated heterocycles. The van der Waals surface area contributed by atoms with Crippen LogP contribution in [0.15, 0.2) is 41.5 Å². The summed E-state index contributed by atoms with van der Waals surface area (Å²) in [5.74, 6) is 0.452. The number of nitrogens with zero attached hydrogens (tertiary/aromatic N) is 4. The van der Waals surface area contributed by atoms with Crippen molar-refractivity contribution < 1.29 is 4.79 Å². The molecule has 1 atom stereocenters. The number of hydrogen-bond donors (Lipinski definition) is 1. The number of aryl methyl sites for hydroxylation is 2. The summed E-state index contributed by atoms with van der Waals surface area (Å²) in [5.41, 5.74) is 2.20. The number of fused-ring (bicyclic) bond motifs is 1. The second-order valence-electron chi connectivity index (χ2n) is 6.26. The maximum Gasteiger partial charge on any atom is 0.261 e. The number of para-hydroxylation sites is 1. The molecular weight excluding hydrogens is 330 g/mol. The van der Waals surface area contributed by atoms with Crippen LogP contribution in [0.5, 0.6) is 0 Å². The zero-order chi connectivity index (χ0) is 18.7. The van der Waals surface area contributed by atoms with Gasteiger partial charge >= 0.3 is 0 Å². The molecule has 0 radical (unpaired) electrons. The van der Waals surface area contributed by atoms with Gasteiger partial charge in [-0.05, 0) is 39.0 Å². The van der Waals surface area contributed by atoms with Crippen molar-refractivity contribution in [2.45, 2.75) is 33.2 Å². The highest BCUT2D eigenvalue weighted by Gasteiger charge is 2.17. The summed E-state index contributed by atoms with van der Waals surface area (Å²) in [5, 5.41) is 3.34. The molecule has 1 unspecified atom stereocenters. The van der Waals surface area contributed by atoms with Crippen molar-refractivity contribution in [3.8, 4) is 0 Å². The highest BCUT2D eigenvalue weighted by atomic mass is 16.2. The Labute approximate surface area is 151 Å². The first-order valence-corrected chi connectivity index (χ1v) is 8.50. The lowest BCUT2D eigenvalue weighted by Gasteiger charge is -2.15. The molecule has 2 aromatic heterocycles. The third-order valence-corrected chi connectivity index (χ3v) is 4.16. The third kappa shape index (κ3) is 3.77. The molecule has 1 amide bonds. The van der Waals surface area contributed by atoms with Gasteiger partial charge in [0.25, 0.3) is 5.56 Å². The summed E-state index contributed by atoms with van der Waals surface area (Å²) in [6.45, 7) is 5.91. The van der Waals surface area contributed by atoms with E-state index in [2.05, 4.69) is 20.3 Å². The van der Waals surface area contributed by atoms with Crippen LogP contribution in [0.1, 0.15) is 30.2 Å². The van der Waals surface area contributed by atoms with E-state index in [1.807, 2.05) is 26.0 Å². The van der Waals surface area contributed by atoms with Gasteiger partial charge in [-0.1, -0.05) is 12.1 Å². The second kappa shape index (κ2) is 7.43. The van der Waals surface area contributed by atoms with Crippen LogP contribution in [0.25, 0.3) is 10.9 Å². The van der Waals surface area contributed by atoms with Crippen LogP contribution in [-0.4, -0.2) is 32.0 Å². The fourth-order valence-electron chi connectivity index (χ4n) is 2.84. The van der Waals surface area contributed by atoms with E-state index < -0.39 is 6.04 Å². The van der Waals surface area contributed by atoms with Gasteiger partial charge in [0, 0.05) is 24.4 Å². The largest absolute Gasteiger partial charge is 0.354 e. The Morgan fingerprint density at radius 3 is 2.62 bits per heavy atom. The minimum atomic E-state index is -0.653. The van der Waals surface area contributed by atoms with Crippen molar-refractivity contribution in [1.29, 1.82) is 0 Å². The van der Waals surface area contributed by atoms with E-state index >= 15 is 0 Å². The van der Waals surface area contributed by atoms with Gasteiger partial charge in [0.15, 0.2) is 0 Å². The van der Waals surface area contributed by atoms with Gasteiger partial charge in [0.2, 0.25) is 5.91 Å². The summed E-state index contributed by atoms with van der Waals surface area (Å²) >= 11 is 0. The lowest BCUT2D eigenvalue weighted by molar-refractivity contribution is -0.123. The van der Waals surface area contributed by atoms with Gasteiger partial charge in [0.1, 0.15) is 11.9 Å². The number of carbonyl (C=O) groups excluding carboxylic acids is 1. The number of rotatable bonds is 5. The number of nitrogens with one attached hydrogen (secondary N) is 1. The summed E-state index contributed by atoms with van der Waals surface area (Å²) < 4.78 is 1.35. The van der Waals surface area contributed by atoms with Crippen LogP contribution >= 0.6 is 0 Å². The predicted octanol–water partition coefficient (Wildman–Crippen LogP) is 1.72. The van der Waals surface area contributed by atoms with Crippen molar-refractivity contribution >= 4 is 16.8 Å². The van der Waals surface area contributed by atoms with E-state index in [1.165, 1.54) is 10.9 Å². The number of benzene rings is 1. The van der Waals surface area contributed by atoms with Gasteiger partial charge in [-0.3, -0.25) is 14.2 Å². The first-order chi connectivity index (χ1) is 12.5. The summed E-state index contributed by atoms with van der Waals surface area (Å²) in [6.07, 6.45) is 1.95. The van der Waals surface area contributed by atoms with Crippen LogP contribution in [0.2, 0.25) is 0 Å². The molecule has 7 heteroatoms. The maximum atomic E-state index is 12.6. The second-order valence-corrected chi connectivity index (χ2v) is 6.26. The molecule has 0 aliphatic carbocycles. The fourth-order valence-corrected chi connectivity index (χ4v) is 2.84. The molecule has 1 N–H and O–H groups in total. The van der Waals surface area contributed by atoms with E-state index in [0.717, 1.165) is 11.4 Å². The summed E-state index contributed by atoms with van der Waals surface area (Å²) in [6, 6.07) is 8.34. The zero-order valence-electron chi connectivity index (χ0n) is 15.1. The molecule has 0 saturated carbocycles. The average Bonchev–Trinajstić information content (AvgIpc) is 2.61. The zero-order valence-corrected chi connectivity index (χ0v) is 15.1. The molecule has 1 aromatic carbocycles. The molecule has 0 aliphatic rings. The maximum absolute atomic E-state index is 12.6. The normalized spacial score (nSPS) is 12.1. The SMILES string of the molecule is Cc1cc(C)nc(CCNC(=O)C(C)n2cnc3ccccc3c2=O)n1. The number of amides is 1. The number of hydrogen-bond acceptors (Lipinski definition) is 5. The van der Waals surface area contributed by atoms with Gasteiger partial charge in [-0.25, -0.2) is 15.0 Å². The highest BCUT2D eigenvalue weighted by molar-refractivity contribution is 5.81. The standard InChI is InChI=1S/C19H21N5O2/c1-12-10-13(2)23-17(22-12)8-9-20-18(25)14(3)24-11-21-16-7-5-4-6-15(16)19(24)26/h4-7,10-11,14H,8-9H2,1-3H3,(H,20,25). The van der Waals surface area contributed by atoms with Gasteiger partial charge in [0.05, 0.1) is 17.2 Å². The quantitative estimate of drug-likeness (QED) is 0.756. The van der Waals surface area contributed by atoms with Crippen LogP contribution in [0, 0.1) is 13.8 Å². The van der Waals surface area contributed by atoms with E-state index in [9.17, 15) is 9.59 Å². The van der Waals surface area contributed by atoms with Crippen molar-refractivity contribution in [2.24, 2.45) is 0 Å². The molecule has 134 valence electrons. The van der Waals surface area contributed by atoms with E-state index in [1.54, 1.807) is 25.1 Å². The van der Waals surface area contributed by atoms with Crippen molar-refractivity contribution in [2.75, 3.05) is 6.54 Å². The molecule has 0 bridgehead atoms. The molecule has 3 aromatic rings. The Morgan fingerprint density at radius 2 is 1.88 bits per heavy atom. The van der Waals surface area contributed by atoms with Gasteiger partial charge in [-0.2, -0.15) is 0 Å². The minimum absolute atomic E-state index is 0.226. The van der Waals surface area contributed by atoms with Crippen LogP contribution in [-0.2, 0) is 11.2 Å². The number of carbonyl (C=O) groups is 1. The summed E-state index contributed by atoms with van der Waals surface area (Å²) in [4.78, 5) is 37.9. The molecule has 26 heavy (non-hydrogen) atoms. The Kier molecular flexibility index (Phi) is 5.06. The molecule has 2 heterocycles. The topological polar surface area (TPSA) is 89.8 Å². The summed E-state index contributed by atoms with van der Waals surface area (Å²) in [7, 11) is 0. The molecule has 3 rings (SSSR count). The highest BCUT2D eigenvalue weighted by Crippen LogP contribution is 2.08. The van der Waals surface area contributed by atoms with E-state index in [4.69, 9.17) is 0 Å². The Hall–Kier alpha value is -3.09. The third-order valence-electron chi connectivity index (χ3n) is 4.16. The minimum Gasteiger partial charge on any atom is -0.354 e. The van der Waals surface area contributed by atoms with Crippen LogP contribution in [0.3, 0.4) is 0 Å². The first-order valence-electron chi connectivity index (χ1n) is 8.50. The van der Waals surface area contributed by atoms with Crippen LogP contribution in [0.4, 0.5) is 0 Å². The molecule has 0 spiro atoms. The average molecular weight is 351 g/mol. The van der Waals surface area contributed by atoms with E-state index in [-0.39, 0.29) is 11.5 Å². The van der Waals surface area contributed by atoms with Crippen molar-refractivity contribution in [1.82, 2.24) is 24.8 Å². The van der Waals surface area contributed by atoms with Crippen molar-refractivity contribution in [3.63, 3.8) is 0 Å². The molecule has 0 fully saturated rings. The van der Waals surface area contributed by atoms with Gasteiger partial charge < -0.3 is 5.32 Å². The monoisotopic (exact) mass is 351 g/mol. The lowest BCUT2D eigenvalue weighted by Crippen LogP contribution is -2.37. The van der Waals surface area contributed by atoms with E-state index in [0.29, 0.717) is 29.7 Å². The smallest absolute Gasteiger partial charge is 0.261 e. The predicted molar refractivity (Wildman–Crippen MR) is 98.9 cm³/mol. The van der Waals surface area contributed by atoms with Gasteiger partial charge in [-0.15, -0.1) is 0 Å². The Bertz CT molecular complexity index is 992.